The third-order valence-corrected chi connectivity index (χ3v) is 7.45. The molecule has 1 aromatic rings. The molecular formula is C25H33ClN4O3. The first-order chi connectivity index (χ1) is 16.0. The minimum atomic E-state index is -0.0204. The Balaban J connectivity index is 1.12. The number of nitrogens with one attached hydrogen (secondary N) is 3. The Bertz CT molecular complexity index is 894. The molecule has 1 saturated heterocycles. The van der Waals surface area contributed by atoms with Gasteiger partial charge in [-0.25, -0.2) is 0 Å². The van der Waals surface area contributed by atoms with Crippen molar-refractivity contribution in [2.24, 2.45) is 5.92 Å². The van der Waals surface area contributed by atoms with Crippen molar-refractivity contribution < 1.29 is 14.3 Å². The molecule has 1 heterocycles. The van der Waals surface area contributed by atoms with Crippen molar-refractivity contribution in [1.29, 1.82) is 5.26 Å². The van der Waals surface area contributed by atoms with Gasteiger partial charge in [-0.3, -0.25) is 14.9 Å². The van der Waals surface area contributed by atoms with Gasteiger partial charge < -0.3 is 15.4 Å². The second kappa shape index (κ2) is 11.2. The van der Waals surface area contributed by atoms with Crippen LogP contribution in [0.3, 0.4) is 0 Å². The highest BCUT2D eigenvalue weighted by Gasteiger charge is 2.37. The lowest BCUT2D eigenvalue weighted by molar-refractivity contribution is -0.130. The Morgan fingerprint density at radius 3 is 2.73 bits per heavy atom. The normalized spacial score (nSPS) is 29.3. The van der Waals surface area contributed by atoms with Gasteiger partial charge in [-0.2, -0.15) is 5.26 Å². The highest BCUT2D eigenvalue weighted by molar-refractivity contribution is 6.31. The van der Waals surface area contributed by atoms with Crippen LogP contribution in [0, 0.1) is 17.2 Å². The molecule has 2 saturated carbocycles. The van der Waals surface area contributed by atoms with Gasteiger partial charge >= 0.3 is 0 Å². The van der Waals surface area contributed by atoms with Crippen LogP contribution in [0.15, 0.2) is 18.2 Å². The average molecular weight is 473 g/mol. The summed E-state index contributed by atoms with van der Waals surface area (Å²) in [4.78, 5) is 24.8. The highest BCUT2D eigenvalue weighted by Crippen LogP contribution is 2.29. The number of rotatable bonds is 7. The highest BCUT2D eigenvalue weighted by atomic mass is 35.5. The number of benzene rings is 1. The third kappa shape index (κ3) is 6.39. The molecule has 2 amide bonds. The van der Waals surface area contributed by atoms with Crippen LogP contribution in [-0.2, 0) is 9.59 Å². The Kier molecular flexibility index (Phi) is 8.11. The first-order valence-electron chi connectivity index (χ1n) is 12.2. The summed E-state index contributed by atoms with van der Waals surface area (Å²) in [6.45, 7) is 0. The zero-order valence-electron chi connectivity index (χ0n) is 18.9. The van der Waals surface area contributed by atoms with Crippen molar-refractivity contribution in [2.75, 3.05) is 0 Å². The minimum Gasteiger partial charge on any atom is -0.490 e. The molecule has 178 valence electrons. The smallest absolute Gasteiger partial charge is 0.225 e. The summed E-state index contributed by atoms with van der Waals surface area (Å²) in [5.74, 6) is 1.05. The molecule has 0 spiro atoms. The summed E-state index contributed by atoms with van der Waals surface area (Å²) in [6.07, 6.45) is 9.92. The monoisotopic (exact) mass is 472 g/mol. The van der Waals surface area contributed by atoms with E-state index >= 15 is 0 Å². The number of hydrogen-bond donors (Lipinski definition) is 3. The van der Waals surface area contributed by atoms with E-state index in [4.69, 9.17) is 21.6 Å². The van der Waals surface area contributed by atoms with Crippen molar-refractivity contribution in [3.63, 3.8) is 0 Å². The molecule has 8 heteroatoms. The number of hydrogen-bond acceptors (Lipinski definition) is 5. The maximum absolute atomic E-state index is 12.4. The average Bonchev–Trinajstić information content (AvgIpc) is 2.81. The van der Waals surface area contributed by atoms with Crippen molar-refractivity contribution in [3.8, 4) is 11.8 Å². The topological polar surface area (TPSA) is 103 Å². The molecule has 4 rings (SSSR count). The molecule has 3 aliphatic rings. The standard InChI is InChI=1S/C25H33ClN4O3/c26-21-14-19(11-8-16(21)15-27)33-18-12-9-17(10-13-18)28-24(31)7-3-6-23-29-22-5-2-1-4-20(22)25(32)30-23/h8,11,14,17-18,20,22-23,29H,1-7,9-10,12-13H2,(H,28,31)(H,30,32). The van der Waals surface area contributed by atoms with E-state index in [-0.39, 0.29) is 36.0 Å². The number of ether oxygens (including phenoxy) is 1. The van der Waals surface area contributed by atoms with Crippen molar-refractivity contribution in [1.82, 2.24) is 16.0 Å². The summed E-state index contributed by atoms with van der Waals surface area (Å²) < 4.78 is 6.02. The van der Waals surface area contributed by atoms with E-state index in [0.717, 1.165) is 57.8 Å². The van der Waals surface area contributed by atoms with E-state index in [1.54, 1.807) is 18.2 Å². The van der Waals surface area contributed by atoms with Crippen molar-refractivity contribution >= 4 is 23.4 Å². The van der Waals surface area contributed by atoms with Gasteiger partial charge in [-0.1, -0.05) is 24.4 Å². The fourth-order valence-corrected chi connectivity index (χ4v) is 5.54. The van der Waals surface area contributed by atoms with Crippen LogP contribution in [0.4, 0.5) is 0 Å². The Morgan fingerprint density at radius 1 is 1.18 bits per heavy atom. The number of carbonyl (C=O) groups is 2. The molecule has 1 aromatic carbocycles. The zero-order chi connectivity index (χ0) is 23.2. The number of nitrogens with zero attached hydrogens (tertiary/aromatic N) is 1. The van der Waals surface area contributed by atoms with Crippen LogP contribution >= 0.6 is 11.6 Å². The molecule has 3 fully saturated rings. The Hall–Kier alpha value is -2.30. The third-order valence-electron chi connectivity index (χ3n) is 7.13. The van der Waals surface area contributed by atoms with Crippen LogP contribution < -0.4 is 20.7 Å². The first-order valence-corrected chi connectivity index (χ1v) is 12.6. The van der Waals surface area contributed by atoms with Crippen LogP contribution in [-0.4, -0.2) is 36.2 Å². The van der Waals surface area contributed by atoms with Gasteiger partial charge in [0.15, 0.2) is 0 Å². The van der Waals surface area contributed by atoms with Crippen LogP contribution in [0.5, 0.6) is 5.75 Å². The lowest BCUT2D eigenvalue weighted by atomic mass is 9.82. The summed E-state index contributed by atoms with van der Waals surface area (Å²) in [5, 5.41) is 19.2. The fourth-order valence-electron chi connectivity index (χ4n) is 5.32. The SMILES string of the molecule is N#Cc1ccc(OC2CCC(NC(=O)CCCC3NC(=O)C4CCCCC4N3)CC2)cc1Cl. The van der Waals surface area contributed by atoms with Crippen molar-refractivity contribution in [3.05, 3.63) is 28.8 Å². The second-order valence-electron chi connectivity index (χ2n) is 9.53. The number of amides is 2. The summed E-state index contributed by atoms with van der Waals surface area (Å²) >= 11 is 6.08. The van der Waals surface area contributed by atoms with Crippen LogP contribution in [0.2, 0.25) is 5.02 Å². The van der Waals surface area contributed by atoms with Gasteiger partial charge in [0.2, 0.25) is 11.8 Å². The molecule has 0 bridgehead atoms. The molecular weight excluding hydrogens is 440 g/mol. The predicted molar refractivity (Wildman–Crippen MR) is 126 cm³/mol. The molecule has 0 radical (unpaired) electrons. The number of fused-ring (bicyclic) bond motifs is 1. The minimum absolute atomic E-state index is 0.0204. The van der Waals surface area contributed by atoms with E-state index in [0.29, 0.717) is 28.8 Å². The number of nitriles is 1. The number of halogens is 1. The molecule has 0 aromatic heterocycles. The van der Waals surface area contributed by atoms with E-state index in [2.05, 4.69) is 16.0 Å². The molecule has 2 aliphatic carbocycles. The van der Waals surface area contributed by atoms with Crippen LogP contribution in [0.1, 0.15) is 76.2 Å². The molecule has 1 aliphatic heterocycles. The van der Waals surface area contributed by atoms with Gasteiger partial charge in [0.05, 0.1) is 28.8 Å². The molecule has 33 heavy (non-hydrogen) atoms. The van der Waals surface area contributed by atoms with Crippen molar-refractivity contribution in [2.45, 2.75) is 95.0 Å². The molecule has 3 unspecified atom stereocenters. The summed E-state index contributed by atoms with van der Waals surface area (Å²) in [5.41, 5.74) is 0.440. The molecule has 3 atom stereocenters. The lowest BCUT2D eigenvalue weighted by Gasteiger charge is -2.40. The van der Waals surface area contributed by atoms with E-state index in [9.17, 15) is 9.59 Å². The maximum atomic E-state index is 12.4. The summed E-state index contributed by atoms with van der Waals surface area (Å²) in [7, 11) is 0. The van der Waals surface area contributed by atoms with Gasteiger partial charge in [0, 0.05) is 24.6 Å². The fraction of sp³-hybridized carbons (Fsp3) is 0.640. The Labute approximate surface area is 200 Å². The van der Waals surface area contributed by atoms with E-state index in [1.807, 2.05) is 6.07 Å². The number of carbonyl (C=O) groups excluding carboxylic acids is 2. The summed E-state index contributed by atoms with van der Waals surface area (Å²) in [6, 6.07) is 7.65. The largest absolute Gasteiger partial charge is 0.490 e. The lowest BCUT2D eigenvalue weighted by Crippen LogP contribution is -2.62. The second-order valence-corrected chi connectivity index (χ2v) is 9.94. The maximum Gasteiger partial charge on any atom is 0.225 e. The molecule has 7 nitrogen and oxygen atoms in total. The first kappa shape index (κ1) is 23.8. The Morgan fingerprint density at radius 2 is 1.97 bits per heavy atom. The van der Waals surface area contributed by atoms with Gasteiger partial charge in [-0.05, 0) is 63.5 Å². The quantitative estimate of drug-likeness (QED) is 0.560. The van der Waals surface area contributed by atoms with Gasteiger partial charge in [0.1, 0.15) is 11.8 Å². The predicted octanol–water partition coefficient (Wildman–Crippen LogP) is 3.79. The van der Waals surface area contributed by atoms with E-state index in [1.165, 1.54) is 6.42 Å². The van der Waals surface area contributed by atoms with E-state index < -0.39 is 0 Å². The van der Waals surface area contributed by atoms with Gasteiger partial charge in [0.25, 0.3) is 0 Å². The van der Waals surface area contributed by atoms with Crippen LogP contribution in [0.25, 0.3) is 0 Å². The molecule has 3 N–H and O–H groups in total. The van der Waals surface area contributed by atoms with Gasteiger partial charge in [-0.15, -0.1) is 0 Å². The zero-order valence-corrected chi connectivity index (χ0v) is 19.7.